The van der Waals surface area contributed by atoms with Crippen molar-refractivity contribution >= 4 is 34.7 Å². The van der Waals surface area contributed by atoms with Crippen molar-refractivity contribution in [1.82, 2.24) is 24.9 Å². The van der Waals surface area contributed by atoms with Gasteiger partial charge in [-0.3, -0.25) is 4.40 Å². The number of nitrogens with zero attached hydrogens (tertiary/aromatic N) is 4. The highest BCUT2D eigenvalue weighted by molar-refractivity contribution is 7.17. The van der Waals surface area contributed by atoms with Gasteiger partial charge in [-0.05, 0) is 20.9 Å². The number of rotatable bonds is 5. The topological polar surface area (TPSA) is 80.3 Å². The van der Waals surface area contributed by atoms with Crippen LogP contribution in [0.2, 0.25) is 0 Å². The van der Waals surface area contributed by atoms with Gasteiger partial charge in [0.2, 0.25) is 5.89 Å². The van der Waals surface area contributed by atoms with Gasteiger partial charge >= 0.3 is 6.01 Å². The zero-order valence-electron chi connectivity index (χ0n) is 12.0. The first kappa shape index (κ1) is 15.7. The highest BCUT2D eigenvalue weighted by atomic mass is 35.5. The van der Waals surface area contributed by atoms with E-state index in [1.165, 1.54) is 10.6 Å². The van der Waals surface area contributed by atoms with E-state index in [4.69, 9.17) is 4.42 Å². The SMILES string of the molecule is CNCc1nnc(NCc2cn3c(C)c(C)sc3n2)o1.Cl. The fourth-order valence-electron chi connectivity index (χ4n) is 1.90. The van der Waals surface area contributed by atoms with Crippen LogP contribution in [0.5, 0.6) is 0 Å². The maximum absolute atomic E-state index is 5.42. The van der Waals surface area contributed by atoms with Crippen molar-refractivity contribution in [1.29, 1.82) is 0 Å². The van der Waals surface area contributed by atoms with Crippen LogP contribution in [0, 0.1) is 13.8 Å². The Morgan fingerprint density at radius 3 is 2.81 bits per heavy atom. The minimum Gasteiger partial charge on any atom is -0.407 e. The molecule has 0 amide bonds. The van der Waals surface area contributed by atoms with Gasteiger partial charge in [0.05, 0.1) is 18.8 Å². The molecule has 3 rings (SSSR count). The number of aromatic nitrogens is 4. The monoisotopic (exact) mass is 328 g/mol. The average molecular weight is 329 g/mol. The molecule has 0 bridgehead atoms. The minimum absolute atomic E-state index is 0. The Balaban J connectivity index is 0.00000161. The molecular formula is C12H17ClN6OS. The molecule has 21 heavy (non-hydrogen) atoms. The predicted molar refractivity (Wildman–Crippen MR) is 84.2 cm³/mol. The molecule has 114 valence electrons. The van der Waals surface area contributed by atoms with E-state index in [9.17, 15) is 0 Å². The zero-order chi connectivity index (χ0) is 14.1. The molecule has 0 spiro atoms. The normalized spacial score (nSPS) is 10.8. The molecule has 3 heterocycles. The van der Waals surface area contributed by atoms with Crippen molar-refractivity contribution in [2.75, 3.05) is 12.4 Å². The van der Waals surface area contributed by atoms with Crippen LogP contribution in [0.1, 0.15) is 22.2 Å². The van der Waals surface area contributed by atoms with Crippen LogP contribution >= 0.6 is 23.7 Å². The molecule has 2 N–H and O–H groups in total. The number of nitrogens with one attached hydrogen (secondary N) is 2. The minimum atomic E-state index is 0. The van der Waals surface area contributed by atoms with Crippen LogP contribution in [0.15, 0.2) is 10.6 Å². The van der Waals surface area contributed by atoms with Gasteiger partial charge in [0.1, 0.15) is 0 Å². The van der Waals surface area contributed by atoms with Gasteiger partial charge in [-0.2, -0.15) is 0 Å². The average Bonchev–Trinajstić information content (AvgIpc) is 3.08. The molecule has 0 aliphatic rings. The molecule has 9 heteroatoms. The Kier molecular flexibility index (Phi) is 4.81. The van der Waals surface area contributed by atoms with Gasteiger partial charge < -0.3 is 15.1 Å². The van der Waals surface area contributed by atoms with E-state index >= 15 is 0 Å². The molecule has 0 aromatic carbocycles. The summed E-state index contributed by atoms with van der Waals surface area (Å²) < 4.78 is 7.52. The lowest BCUT2D eigenvalue weighted by Crippen LogP contribution is -2.04. The zero-order valence-corrected chi connectivity index (χ0v) is 13.6. The fraction of sp³-hybridized carbons (Fsp3) is 0.417. The lowest BCUT2D eigenvalue weighted by atomic mass is 10.4. The molecule has 0 atom stereocenters. The number of aryl methyl sites for hydroxylation is 2. The fourth-order valence-corrected chi connectivity index (χ4v) is 2.87. The van der Waals surface area contributed by atoms with Crippen molar-refractivity contribution in [2.45, 2.75) is 26.9 Å². The molecule has 0 aliphatic heterocycles. The lowest BCUT2D eigenvalue weighted by Gasteiger charge is -1.97. The third kappa shape index (κ3) is 3.17. The lowest BCUT2D eigenvalue weighted by molar-refractivity contribution is 0.489. The molecule has 0 fully saturated rings. The third-order valence-corrected chi connectivity index (χ3v) is 4.13. The van der Waals surface area contributed by atoms with Crippen molar-refractivity contribution in [3.63, 3.8) is 0 Å². The molecule has 0 radical (unpaired) electrons. The summed E-state index contributed by atoms with van der Waals surface area (Å²) in [6, 6.07) is 0.416. The van der Waals surface area contributed by atoms with E-state index in [-0.39, 0.29) is 12.4 Å². The van der Waals surface area contributed by atoms with Crippen molar-refractivity contribution in [3.05, 3.63) is 28.4 Å². The number of hydrogen-bond acceptors (Lipinski definition) is 7. The standard InChI is InChI=1S/C12H16N6OS.ClH/c1-7-8(2)20-12-15-9(6-18(7)12)4-14-11-17-16-10(19-11)5-13-3;/h6,13H,4-5H2,1-3H3,(H,14,17);1H. The molecule has 0 unspecified atom stereocenters. The second-order valence-electron chi connectivity index (χ2n) is 4.51. The molecular weight excluding hydrogens is 312 g/mol. The summed E-state index contributed by atoms with van der Waals surface area (Å²) in [5.41, 5.74) is 2.19. The van der Waals surface area contributed by atoms with Crippen LogP contribution in [0.25, 0.3) is 4.96 Å². The van der Waals surface area contributed by atoms with Crippen molar-refractivity contribution in [2.24, 2.45) is 0 Å². The van der Waals surface area contributed by atoms with Gasteiger partial charge in [0.15, 0.2) is 4.96 Å². The Labute approximate surface area is 132 Å². The van der Waals surface area contributed by atoms with Crippen LogP contribution in [0.4, 0.5) is 6.01 Å². The Hall–Kier alpha value is -1.64. The summed E-state index contributed by atoms with van der Waals surface area (Å²) in [6.07, 6.45) is 2.03. The molecule has 0 saturated carbocycles. The van der Waals surface area contributed by atoms with E-state index in [1.807, 2.05) is 13.2 Å². The maximum Gasteiger partial charge on any atom is 0.315 e. The Morgan fingerprint density at radius 1 is 1.29 bits per heavy atom. The molecule has 3 aromatic rings. The number of thiazole rings is 1. The predicted octanol–water partition coefficient (Wildman–Crippen LogP) is 2.15. The summed E-state index contributed by atoms with van der Waals surface area (Å²) in [7, 11) is 1.83. The van der Waals surface area contributed by atoms with E-state index in [2.05, 4.69) is 44.1 Å². The summed E-state index contributed by atoms with van der Waals surface area (Å²) >= 11 is 1.70. The van der Waals surface area contributed by atoms with E-state index < -0.39 is 0 Å². The summed E-state index contributed by atoms with van der Waals surface area (Å²) in [6.45, 7) is 5.33. The highest BCUT2D eigenvalue weighted by Crippen LogP contribution is 2.22. The number of anilines is 1. The first-order chi connectivity index (χ1) is 9.67. The van der Waals surface area contributed by atoms with Crippen molar-refractivity contribution in [3.8, 4) is 0 Å². The largest absolute Gasteiger partial charge is 0.407 e. The second-order valence-corrected chi connectivity index (χ2v) is 5.69. The van der Waals surface area contributed by atoms with Crippen LogP contribution in [-0.2, 0) is 13.1 Å². The number of halogens is 1. The summed E-state index contributed by atoms with van der Waals surface area (Å²) in [5.74, 6) is 0.562. The molecule has 7 nitrogen and oxygen atoms in total. The van der Waals surface area contributed by atoms with Gasteiger partial charge in [0, 0.05) is 16.8 Å². The molecule has 0 saturated heterocycles. The third-order valence-electron chi connectivity index (χ3n) is 3.05. The molecule has 3 aromatic heterocycles. The Bertz CT molecular complexity index is 733. The van der Waals surface area contributed by atoms with Gasteiger partial charge in [0.25, 0.3) is 0 Å². The number of fused-ring (bicyclic) bond motifs is 1. The van der Waals surface area contributed by atoms with E-state index in [0.717, 1.165) is 10.7 Å². The van der Waals surface area contributed by atoms with Gasteiger partial charge in [-0.1, -0.05) is 5.10 Å². The summed E-state index contributed by atoms with van der Waals surface area (Å²) in [5, 5.41) is 13.9. The number of hydrogen-bond donors (Lipinski definition) is 2. The van der Waals surface area contributed by atoms with E-state index in [1.54, 1.807) is 11.3 Å². The Morgan fingerprint density at radius 2 is 2.10 bits per heavy atom. The first-order valence-electron chi connectivity index (χ1n) is 6.32. The quantitative estimate of drug-likeness (QED) is 0.747. The van der Waals surface area contributed by atoms with Crippen LogP contribution in [-0.4, -0.2) is 26.6 Å². The van der Waals surface area contributed by atoms with Crippen molar-refractivity contribution < 1.29 is 4.42 Å². The second kappa shape index (κ2) is 6.42. The van der Waals surface area contributed by atoms with Gasteiger partial charge in [-0.25, -0.2) is 4.98 Å². The first-order valence-corrected chi connectivity index (χ1v) is 7.14. The highest BCUT2D eigenvalue weighted by Gasteiger charge is 2.10. The smallest absolute Gasteiger partial charge is 0.315 e. The number of imidazole rings is 1. The summed E-state index contributed by atoms with van der Waals surface area (Å²) in [4.78, 5) is 6.87. The van der Waals surface area contributed by atoms with E-state index in [0.29, 0.717) is 25.0 Å². The van der Waals surface area contributed by atoms with Crippen LogP contribution in [0.3, 0.4) is 0 Å². The molecule has 0 aliphatic carbocycles. The van der Waals surface area contributed by atoms with Crippen LogP contribution < -0.4 is 10.6 Å². The van der Waals surface area contributed by atoms with Gasteiger partial charge in [-0.15, -0.1) is 28.8 Å². The maximum atomic E-state index is 5.42.